The molecule has 2 aromatic heterocycles. The maximum atomic E-state index is 11.6. The predicted molar refractivity (Wildman–Crippen MR) is 78.4 cm³/mol. The lowest BCUT2D eigenvalue weighted by Gasteiger charge is -2.03. The van der Waals surface area contributed by atoms with E-state index in [-0.39, 0.29) is 5.91 Å². The first kappa shape index (κ1) is 13.4. The monoisotopic (exact) mass is 298 g/mol. The van der Waals surface area contributed by atoms with Crippen LogP contribution in [0.25, 0.3) is 0 Å². The van der Waals surface area contributed by atoms with Gasteiger partial charge in [0.1, 0.15) is 0 Å². The van der Waals surface area contributed by atoms with Crippen LogP contribution in [0.2, 0.25) is 4.34 Å². The summed E-state index contributed by atoms with van der Waals surface area (Å²) in [5.74, 6) is 1.21. The Morgan fingerprint density at radius 2 is 2.33 bits per heavy atom. The molecule has 0 fully saturated rings. The van der Waals surface area contributed by atoms with Gasteiger partial charge in [-0.3, -0.25) is 9.78 Å². The molecule has 0 atom stereocenters. The summed E-state index contributed by atoms with van der Waals surface area (Å²) in [6.07, 6.45) is 3.30. The lowest BCUT2D eigenvalue weighted by Crippen LogP contribution is -2.14. The van der Waals surface area contributed by atoms with Crippen LogP contribution in [0.4, 0.5) is 5.69 Å². The number of aromatic nitrogens is 1. The van der Waals surface area contributed by atoms with Crippen LogP contribution < -0.4 is 5.32 Å². The summed E-state index contributed by atoms with van der Waals surface area (Å²) < 4.78 is 0.783. The topological polar surface area (TPSA) is 42.0 Å². The largest absolute Gasteiger partial charge is 0.324 e. The van der Waals surface area contributed by atoms with Crippen molar-refractivity contribution in [2.45, 2.75) is 5.75 Å². The highest BCUT2D eigenvalue weighted by molar-refractivity contribution is 7.99. The normalized spacial score (nSPS) is 10.3. The standard InChI is InChI=1S/C12H11ClN2OS2/c13-11-4-3-10(18-11)7-17-8-12(16)15-9-2-1-5-14-6-9/h1-6H,7-8H2,(H,15,16). The van der Waals surface area contributed by atoms with Gasteiger partial charge in [0.05, 0.1) is 22.0 Å². The predicted octanol–water partition coefficient (Wildman–Crippen LogP) is 3.67. The van der Waals surface area contributed by atoms with Gasteiger partial charge in [-0.25, -0.2) is 0 Å². The molecular formula is C12H11ClN2OS2. The van der Waals surface area contributed by atoms with E-state index < -0.39 is 0 Å². The molecule has 0 aliphatic rings. The van der Waals surface area contributed by atoms with Crippen LogP contribution in [-0.4, -0.2) is 16.6 Å². The Balaban J connectivity index is 1.72. The molecule has 18 heavy (non-hydrogen) atoms. The number of nitrogens with one attached hydrogen (secondary N) is 1. The van der Waals surface area contributed by atoms with Gasteiger partial charge in [-0.2, -0.15) is 0 Å². The summed E-state index contributed by atoms with van der Waals surface area (Å²) in [6, 6.07) is 7.46. The minimum Gasteiger partial charge on any atom is -0.324 e. The molecule has 1 N–H and O–H groups in total. The highest BCUT2D eigenvalue weighted by atomic mass is 35.5. The third kappa shape index (κ3) is 4.33. The molecule has 0 aliphatic carbocycles. The Morgan fingerprint density at radius 3 is 3.00 bits per heavy atom. The van der Waals surface area contributed by atoms with E-state index in [9.17, 15) is 4.79 Å². The van der Waals surface area contributed by atoms with Crippen molar-refractivity contribution in [1.29, 1.82) is 0 Å². The Bertz CT molecular complexity index is 516. The number of hydrogen-bond donors (Lipinski definition) is 1. The minimum atomic E-state index is -0.0179. The lowest BCUT2D eigenvalue weighted by molar-refractivity contribution is -0.113. The summed E-state index contributed by atoms with van der Waals surface area (Å²) in [7, 11) is 0. The number of nitrogens with zero attached hydrogens (tertiary/aromatic N) is 1. The molecular weight excluding hydrogens is 288 g/mol. The van der Waals surface area contributed by atoms with Crippen LogP contribution in [0.5, 0.6) is 0 Å². The SMILES string of the molecule is O=C(CSCc1ccc(Cl)s1)Nc1cccnc1. The quantitative estimate of drug-likeness (QED) is 0.916. The van der Waals surface area contributed by atoms with Crippen molar-refractivity contribution < 1.29 is 4.79 Å². The van der Waals surface area contributed by atoms with Crippen LogP contribution in [-0.2, 0) is 10.5 Å². The fourth-order valence-electron chi connectivity index (χ4n) is 1.31. The Morgan fingerprint density at radius 1 is 1.44 bits per heavy atom. The first-order chi connectivity index (χ1) is 8.74. The Labute approximate surface area is 119 Å². The van der Waals surface area contributed by atoms with E-state index in [4.69, 9.17) is 11.6 Å². The summed E-state index contributed by atoms with van der Waals surface area (Å²) in [5, 5.41) is 2.79. The maximum Gasteiger partial charge on any atom is 0.234 e. The summed E-state index contributed by atoms with van der Waals surface area (Å²) in [4.78, 5) is 16.7. The third-order valence-electron chi connectivity index (χ3n) is 2.05. The number of hydrogen-bond acceptors (Lipinski definition) is 4. The van der Waals surface area contributed by atoms with Crippen molar-refractivity contribution in [1.82, 2.24) is 4.98 Å². The number of rotatable bonds is 5. The Hall–Kier alpha value is -1.04. The van der Waals surface area contributed by atoms with Gasteiger partial charge in [0, 0.05) is 16.8 Å². The van der Waals surface area contributed by atoms with Crippen molar-refractivity contribution in [2.24, 2.45) is 0 Å². The van der Waals surface area contributed by atoms with Crippen LogP contribution in [0.3, 0.4) is 0 Å². The van der Waals surface area contributed by atoms with E-state index in [1.807, 2.05) is 18.2 Å². The molecule has 0 bridgehead atoms. The van der Waals surface area contributed by atoms with Crippen LogP contribution in [0, 0.1) is 0 Å². The fourth-order valence-corrected chi connectivity index (χ4v) is 3.33. The van der Waals surface area contributed by atoms with Gasteiger partial charge in [0.15, 0.2) is 0 Å². The first-order valence-electron chi connectivity index (χ1n) is 5.26. The average Bonchev–Trinajstić information content (AvgIpc) is 2.76. The van der Waals surface area contributed by atoms with Crippen LogP contribution in [0.1, 0.15) is 4.88 Å². The molecule has 3 nitrogen and oxygen atoms in total. The van der Waals surface area contributed by atoms with Crippen molar-refractivity contribution in [2.75, 3.05) is 11.1 Å². The minimum absolute atomic E-state index is 0.0179. The molecule has 1 amide bonds. The number of pyridine rings is 1. The van der Waals surface area contributed by atoms with E-state index >= 15 is 0 Å². The van der Waals surface area contributed by atoms with E-state index in [1.54, 1.807) is 41.6 Å². The van der Waals surface area contributed by atoms with Gasteiger partial charge >= 0.3 is 0 Å². The molecule has 2 heterocycles. The van der Waals surface area contributed by atoms with Crippen molar-refractivity contribution in [3.63, 3.8) is 0 Å². The van der Waals surface area contributed by atoms with Gasteiger partial charge in [-0.1, -0.05) is 11.6 Å². The zero-order chi connectivity index (χ0) is 12.8. The van der Waals surface area contributed by atoms with Crippen LogP contribution in [0.15, 0.2) is 36.7 Å². The van der Waals surface area contributed by atoms with Gasteiger partial charge in [-0.15, -0.1) is 23.1 Å². The van der Waals surface area contributed by atoms with Crippen molar-refractivity contribution in [3.8, 4) is 0 Å². The fraction of sp³-hybridized carbons (Fsp3) is 0.167. The van der Waals surface area contributed by atoms with Gasteiger partial charge in [0.25, 0.3) is 0 Å². The number of amides is 1. The first-order valence-corrected chi connectivity index (χ1v) is 7.61. The third-order valence-corrected chi connectivity index (χ3v) is 4.45. The Kier molecular flexibility index (Phi) is 5.04. The summed E-state index contributed by atoms with van der Waals surface area (Å²) in [6.45, 7) is 0. The molecule has 0 aromatic carbocycles. The summed E-state index contributed by atoms with van der Waals surface area (Å²) >= 11 is 8.94. The second kappa shape index (κ2) is 6.78. The second-order valence-electron chi connectivity index (χ2n) is 3.49. The molecule has 6 heteroatoms. The number of anilines is 1. The number of carbonyl (C=O) groups is 1. The molecule has 0 radical (unpaired) electrons. The van der Waals surface area contributed by atoms with Crippen LogP contribution >= 0.6 is 34.7 Å². The van der Waals surface area contributed by atoms with E-state index in [1.165, 1.54) is 4.88 Å². The maximum absolute atomic E-state index is 11.6. The average molecular weight is 299 g/mol. The molecule has 0 saturated heterocycles. The van der Waals surface area contributed by atoms with E-state index in [2.05, 4.69) is 10.3 Å². The summed E-state index contributed by atoms with van der Waals surface area (Å²) in [5.41, 5.74) is 0.724. The zero-order valence-electron chi connectivity index (χ0n) is 9.43. The molecule has 0 aliphatic heterocycles. The van der Waals surface area contributed by atoms with E-state index in [0.29, 0.717) is 5.75 Å². The van der Waals surface area contributed by atoms with Gasteiger partial charge in [-0.05, 0) is 24.3 Å². The number of carbonyl (C=O) groups excluding carboxylic acids is 1. The molecule has 2 rings (SSSR count). The van der Waals surface area contributed by atoms with Crippen molar-refractivity contribution >= 4 is 46.3 Å². The molecule has 0 spiro atoms. The highest BCUT2D eigenvalue weighted by Gasteiger charge is 2.04. The smallest absolute Gasteiger partial charge is 0.234 e. The molecule has 0 saturated carbocycles. The molecule has 0 unspecified atom stereocenters. The highest BCUT2D eigenvalue weighted by Crippen LogP contribution is 2.25. The van der Waals surface area contributed by atoms with E-state index in [0.717, 1.165) is 15.8 Å². The van der Waals surface area contributed by atoms with Gasteiger partial charge in [0.2, 0.25) is 5.91 Å². The lowest BCUT2D eigenvalue weighted by atomic mass is 10.4. The van der Waals surface area contributed by atoms with Crippen molar-refractivity contribution in [3.05, 3.63) is 45.9 Å². The zero-order valence-corrected chi connectivity index (χ0v) is 11.8. The number of halogens is 1. The number of thiophene rings is 1. The number of thioether (sulfide) groups is 1. The van der Waals surface area contributed by atoms with Gasteiger partial charge < -0.3 is 5.32 Å². The molecule has 2 aromatic rings. The molecule has 94 valence electrons. The second-order valence-corrected chi connectivity index (χ2v) is 6.27.